The molecule has 1 aliphatic carbocycles. The van der Waals surface area contributed by atoms with E-state index in [0.717, 1.165) is 29.9 Å². The molecule has 0 atom stereocenters. The van der Waals surface area contributed by atoms with Crippen LogP contribution in [0.25, 0.3) is 0 Å². The van der Waals surface area contributed by atoms with Gasteiger partial charge in [0, 0.05) is 27.1 Å². The first kappa shape index (κ1) is 18.3. The van der Waals surface area contributed by atoms with E-state index in [-0.39, 0.29) is 12.5 Å². The molecule has 1 aliphatic rings. The smallest absolute Gasteiger partial charge is 0.348 e. The first-order valence-corrected chi connectivity index (χ1v) is 10.2. The number of amides is 1. The van der Waals surface area contributed by atoms with Crippen molar-refractivity contribution in [2.24, 2.45) is 0 Å². The molecule has 0 radical (unpaired) electrons. The highest BCUT2D eigenvalue weighted by molar-refractivity contribution is 7.99. The fourth-order valence-electron chi connectivity index (χ4n) is 2.57. The highest BCUT2D eigenvalue weighted by Crippen LogP contribution is 2.30. The highest BCUT2D eigenvalue weighted by atomic mass is 35.5. The number of hydrogen-bond acceptors (Lipinski definition) is 5. The lowest BCUT2D eigenvalue weighted by atomic mass is 10.2. The van der Waals surface area contributed by atoms with Crippen LogP contribution in [0, 0.1) is 0 Å². The van der Waals surface area contributed by atoms with Crippen LogP contribution < -0.4 is 5.32 Å². The molecule has 0 spiro atoms. The van der Waals surface area contributed by atoms with Crippen LogP contribution in [0.15, 0.2) is 35.2 Å². The monoisotopic (exact) mass is 395 g/mol. The summed E-state index contributed by atoms with van der Waals surface area (Å²) in [5, 5.41) is 3.45. The van der Waals surface area contributed by atoms with Crippen molar-refractivity contribution in [2.45, 2.75) is 24.2 Å². The highest BCUT2D eigenvalue weighted by Gasteiger charge is 2.19. The summed E-state index contributed by atoms with van der Waals surface area (Å²) < 4.78 is 5.09. The van der Waals surface area contributed by atoms with Crippen LogP contribution in [0.2, 0.25) is 5.02 Å². The molecule has 1 N–H and O–H groups in total. The van der Waals surface area contributed by atoms with Gasteiger partial charge in [0.15, 0.2) is 6.61 Å². The van der Waals surface area contributed by atoms with Crippen molar-refractivity contribution < 1.29 is 14.3 Å². The molecule has 0 fully saturated rings. The maximum Gasteiger partial charge on any atom is 0.348 e. The molecule has 25 heavy (non-hydrogen) atoms. The van der Waals surface area contributed by atoms with E-state index in [1.165, 1.54) is 21.8 Å². The van der Waals surface area contributed by atoms with E-state index in [1.54, 1.807) is 11.8 Å². The van der Waals surface area contributed by atoms with Crippen molar-refractivity contribution in [2.75, 3.05) is 18.9 Å². The van der Waals surface area contributed by atoms with Gasteiger partial charge >= 0.3 is 5.97 Å². The molecule has 7 heteroatoms. The van der Waals surface area contributed by atoms with Gasteiger partial charge in [0.1, 0.15) is 4.88 Å². The fraction of sp³-hybridized carbons (Fsp3) is 0.333. The van der Waals surface area contributed by atoms with Gasteiger partial charge in [0.25, 0.3) is 5.91 Å². The van der Waals surface area contributed by atoms with Gasteiger partial charge in [-0.1, -0.05) is 11.6 Å². The van der Waals surface area contributed by atoms with Gasteiger partial charge in [0.05, 0.1) is 0 Å². The molecule has 0 saturated carbocycles. The normalized spacial score (nSPS) is 12.7. The topological polar surface area (TPSA) is 55.4 Å². The van der Waals surface area contributed by atoms with E-state index in [4.69, 9.17) is 16.3 Å². The number of thiophene rings is 1. The maximum absolute atomic E-state index is 12.0. The van der Waals surface area contributed by atoms with Gasteiger partial charge in [0.2, 0.25) is 0 Å². The Morgan fingerprint density at radius 2 is 2.04 bits per heavy atom. The lowest BCUT2D eigenvalue weighted by Gasteiger charge is -2.06. The Balaban J connectivity index is 1.33. The van der Waals surface area contributed by atoms with Crippen LogP contribution in [-0.2, 0) is 22.4 Å². The Bertz CT molecular complexity index is 737. The number of thioether (sulfide) groups is 1. The standard InChI is InChI=1S/C18H18ClNO3S2/c19-13-4-6-14(7-5-13)24-9-8-20-17(21)11-23-18(22)16-10-12-2-1-3-15(12)25-16/h4-7,10H,1-3,8-9,11H2,(H,20,21). The van der Waals surface area contributed by atoms with Gasteiger partial charge in [-0.15, -0.1) is 23.1 Å². The second-order valence-corrected chi connectivity index (χ2v) is 8.38. The summed E-state index contributed by atoms with van der Waals surface area (Å²) in [4.78, 5) is 26.7. The summed E-state index contributed by atoms with van der Waals surface area (Å²) in [6.07, 6.45) is 3.23. The third-order valence-electron chi connectivity index (χ3n) is 3.79. The largest absolute Gasteiger partial charge is 0.451 e. The van der Waals surface area contributed by atoms with Crippen molar-refractivity contribution in [1.82, 2.24) is 5.32 Å². The molecular formula is C18H18ClNO3S2. The lowest BCUT2D eigenvalue weighted by molar-refractivity contribution is -0.124. The number of aryl methyl sites for hydroxylation is 2. The second-order valence-electron chi connectivity index (χ2n) is 5.64. The van der Waals surface area contributed by atoms with E-state index in [0.29, 0.717) is 16.4 Å². The number of ether oxygens (including phenoxy) is 1. The number of hydrogen-bond donors (Lipinski definition) is 1. The third-order valence-corrected chi connectivity index (χ3v) is 6.27. The van der Waals surface area contributed by atoms with E-state index in [2.05, 4.69) is 5.32 Å². The summed E-state index contributed by atoms with van der Waals surface area (Å²) in [6, 6.07) is 9.45. The molecule has 3 rings (SSSR count). The van der Waals surface area contributed by atoms with E-state index >= 15 is 0 Å². The predicted molar refractivity (Wildman–Crippen MR) is 102 cm³/mol. The Hall–Kier alpha value is -1.50. The number of halogens is 1. The molecule has 0 aliphatic heterocycles. The average molecular weight is 396 g/mol. The summed E-state index contributed by atoms with van der Waals surface area (Å²) in [6.45, 7) is 0.268. The summed E-state index contributed by atoms with van der Waals surface area (Å²) >= 11 is 8.94. The number of esters is 1. The first-order chi connectivity index (χ1) is 12.1. The number of fused-ring (bicyclic) bond motifs is 1. The van der Waals surface area contributed by atoms with Crippen LogP contribution in [0.3, 0.4) is 0 Å². The SMILES string of the molecule is O=C(COC(=O)c1cc2c(s1)CCC2)NCCSc1ccc(Cl)cc1. The lowest BCUT2D eigenvalue weighted by Crippen LogP contribution is -2.30. The van der Waals surface area contributed by atoms with Crippen LogP contribution in [0.1, 0.15) is 26.5 Å². The second kappa shape index (κ2) is 8.74. The molecular weight excluding hydrogens is 378 g/mol. The summed E-state index contributed by atoms with van der Waals surface area (Å²) in [5.41, 5.74) is 1.25. The molecule has 1 heterocycles. The molecule has 0 bridgehead atoms. The summed E-state index contributed by atoms with van der Waals surface area (Å²) in [5.74, 6) is 0.0399. The van der Waals surface area contributed by atoms with Crippen molar-refractivity contribution in [3.63, 3.8) is 0 Å². The number of carbonyl (C=O) groups is 2. The molecule has 1 aromatic heterocycles. The van der Waals surface area contributed by atoms with Crippen LogP contribution in [0.4, 0.5) is 0 Å². The Morgan fingerprint density at radius 3 is 2.80 bits per heavy atom. The Labute approximate surface area is 159 Å². The molecule has 0 saturated heterocycles. The zero-order valence-electron chi connectivity index (χ0n) is 13.5. The third kappa shape index (κ3) is 5.23. The summed E-state index contributed by atoms with van der Waals surface area (Å²) in [7, 11) is 0. The maximum atomic E-state index is 12.0. The quantitative estimate of drug-likeness (QED) is 0.438. The van der Waals surface area contributed by atoms with Gasteiger partial charge in [-0.05, 0) is 55.2 Å². The minimum atomic E-state index is -0.412. The molecule has 2 aromatic rings. The van der Waals surface area contributed by atoms with Crippen molar-refractivity contribution >= 4 is 46.6 Å². The average Bonchev–Trinajstić information content (AvgIpc) is 3.20. The van der Waals surface area contributed by atoms with Crippen LogP contribution in [-0.4, -0.2) is 30.8 Å². The fourth-order valence-corrected chi connectivity index (χ4v) is 4.61. The number of benzene rings is 1. The van der Waals surface area contributed by atoms with E-state index in [1.807, 2.05) is 30.3 Å². The van der Waals surface area contributed by atoms with E-state index in [9.17, 15) is 9.59 Å². The molecule has 132 valence electrons. The molecule has 4 nitrogen and oxygen atoms in total. The zero-order chi connectivity index (χ0) is 17.6. The van der Waals surface area contributed by atoms with Gasteiger partial charge in [-0.25, -0.2) is 4.79 Å². The Morgan fingerprint density at radius 1 is 1.24 bits per heavy atom. The minimum absolute atomic E-state index is 0.243. The molecule has 1 aromatic carbocycles. The zero-order valence-corrected chi connectivity index (χ0v) is 15.9. The van der Waals surface area contributed by atoms with E-state index < -0.39 is 5.97 Å². The predicted octanol–water partition coefficient (Wildman–Crippen LogP) is 3.96. The number of carbonyl (C=O) groups excluding carboxylic acids is 2. The van der Waals surface area contributed by atoms with Gasteiger partial charge in [-0.3, -0.25) is 4.79 Å². The van der Waals surface area contributed by atoms with Gasteiger partial charge < -0.3 is 10.1 Å². The van der Waals surface area contributed by atoms with Crippen molar-refractivity contribution in [3.05, 3.63) is 50.7 Å². The number of nitrogens with one attached hydrogen (secondary N) is 1. The number of rotatable bonds is 7. The first-order valence-electron chi connectivity index (χ1n) is 8.05. The van der Waals surface area contributed by atoms with Crippen LogP contribution in [0.5, 0.6) is 0 Å². The van der Waals surface area contributed by atoms with Gasteiger partial charge in [-0.2, -0.15) is 0 Å². The molecule has 1 amide bonds. The van der Waals surface area contributed by atoms with Crippen molar-refractivity contribution in [1.29, 1.82) is 0 Å². The minimum Gasteiger partial charge on any atom is -0.451 e. The van der Waals surface area contributed by atoms with Crippen molar-refractivity contribution in [3.8, 4) is 0 Å². The van der Waals surface area contributed by atoms with Crippen LogP contribution >= 0.6 is 34.7 Å². The Kier molecular flexibility index (Phi) is 6.39. The molecule has 0 unspecified atom stereocenters.